The molecule has 0 aliphatic rings. The third-order valence-electron chi connectivity index (χ3n) is 0.0500. The average Bonchev–Trinajstić information content (AvgIpc) is 1.37. The zero-order chi connectivity index (χ0) is 3.41. The quantitative estimate of drug-likeness (QED) is 0.420. The van der Waals surface area contributed by atoms with E-state index in [2.05, 4.69) is 0 Å². The van der Waals surface area contributed by atoms with Crippen molar-refractivity contribution >= 4 is 0 Å². The van der Waals surface area contributed by atoms with Crippen molar-refractivity contribution < 1.29 is 19.5 Å². The van der Waals surface area contributed by atoms with E-state index in [1.54, 1.807) is 0 Å². The summed E-state index contributed by atoms with van der Waals surface area (Å²) in [5, 5.41) is 14.5. The zero-order valence-corrected chi connectivity index (χ0v) is 5.57. The van der Waals surface area contributed by atoms with Crippen molar-refractivity contribution in [1.29, 1.82) is 10.5 Å². The van der Waals surface area contributed by atoms with Crippen molar-refractivity contribution in [3.05, 3.63) is 0 Å². The second-order valence-electron chi connectivity index (χ2n) is 0.224. The molecule has 0 aromatic heterocycles. The van der Waals surface area contributed by atoms with Gasteiger partial charge in [0.2, 0.25) is 0 Å². The molecule has 0 amide bonds. The maximum atomic E-state index is 7.26. The molecule has 0 unspecified atom stereocenters. The molecule has 5 heavy (non-hydrogen) atoms. The summed E-state index contributed by atoms with van der Waals surface area (Å²) < 4.78 is 0. The monoisotopic (exact) mass is 116 g/mol. The Morgan fingerprint density at radius 3 is 1.20 bits per heavy atom. The second-order valence-corrected chi connectivity index (χ2v) is 0.224. The number of hydrogen-bond donors (Lipinski definition) is 0. The van der Waals surface area contributed by atoms with Gasteiger partial charge in [-0.3, -0.25) is 0 Å². The molecule has 0 N–H and O–H groups in total. The van der Waals surface area contributed by atoms with Crippen molar-refractivity contribution in [3.8, 4) is 12.1 Å². The van der Waals surface area contributed by atoms with Gasteiger partial charge in [0.25, 0.3) is 0 Å². The van der Waals surface area contributed by atoms with Crippen LogP contribution in [0, 0.1) is 22.7 Å². The van der Waals surface area contributed by atoms with Crippen molar-refractivity contribution in [2.45, 2.75) is 0 Å². The molecular formula is C2N2Zn. The van der Waals surface area contributed by atoms with Gasteiger partial charge in [-0.1, -0.05) is 0 Å². The summed E-state index contributed by atoms with van der Waals surface area (Å²) in [4.78, 5) is 0. The molecule has 0 fully saturated rings. The van der Waals surface area contributed by atoms with Crippen molar-refractivity contribution in [3.63, 3.8) is 0 Å². The van der Waals surface area contributed by atoms with Crippen LogP contribution in [-0.4, -0.2) is 0 Å². The van der Waals surface area contributed by atoms with E-state index in [4.69, 9.17) is 10.5 Å². The normalized spacial score (nSPS) is 2.00. The Kier molecular flexibility index (Phi) is 16.8. The van der Waals surface area contributed by atoms with Crippen LogP contribution in [0.2, 0.25) is 0 Å². The van der Waals surface area contributed by atoms with E-state index in [1.807, 2.05) is 0 Å². The molecule has 0 aliphatic carbocycles. The molecule has 20 valence electrons. The summed E-state index contributed by atoms with van der Waals surface area (Å²) in [5.74, 6) is 0. The molecule has 0 bridgehead atoms. The van der Waals surface area contributed by atoms with E-state index < -0.39 is 0 Å². The summed E-state index contributed by atoms with van der Waals surface area (Å²) in [6.07, 6.45) is 0. The zero-order valence-electron chi connectivity index (χ0n) is 2.60. The summed E-state index contributed by atoms with van der Waals surface area (Å²) in [6.45, 7) is 0. The SMILES string of the molecule is N#CC#N.[Zn]. The first-order valence-corrected chi connectivity index (χ1v) is 0.697. The van der Waals surface area contributed by atoms with Gasteiger partial charge in [0.15, 0.2) is 12.1 Å². The molecule has 0 saturated heterocycles. The van der Waals surface area contributed by atoms with Crippen LogP contribution in [-0.2, 0) is 19.5 Å². The summed E-state index contributed by atoms with van der Waals surface area (Å²) in [5.41, 5.74) is 0. The molecule has 0 heterocycles. The minimum Gasteiger partial charge on any atom is -0.181 e. The minimum absolute atomic E-state index is 0. The molecular weight excluding hydrogens is 117 g/mol. The van der Waals surface area contributed by atoms with E-state index in [0.717, 1.165) is 0 Å². The standard InChI is InChI=1S/C2N2.Zn/c3-1-2-4;. The molecule has 0 aromatic carbocycles. The fourth-order valence-corrected chi connectivity index (χ4v) is 0. The second kappa shape index (κ2) is 9.50. The Morgan fingerprint density at radius 1 is 1.00 bits per heavy atom. The molecule has 0 spiro atoms. The fourth-order valence-electron chi connectivity index (χ4n) is 0. The van der Waals surface area contributed by atoms with Gasteiger partial charge in [-0.25, -0.2) is 0 Å². The summed E-state index contributed by atoms with van der Waals surface area (Å²) in [7, 11) is 0. The third-order valence-corrected chi connectivity index (χ3v) is 0.0500. The molecule has 0 rings (SSSR count). The van der Waals surface area contributed by atoms with Crippen LogP contribution < -0.4 is 0 Å². The van der Waals surface area contributed by atoms with Gasteiger partial charge in [0.05, 0.1) is 0 Å². The smallest absolute Gasteiger partial charge is 0.181 e. The maximum absolute atomic E-state index is 7.26. The maximum Gasteiger partial charge on any atom is 0.181 e. The third kappa shape index (κ3) is 25.4. The number of nitriles is 2. The molecule has 0 aliphatic heterocycles. The summed E-state index contributed by atoms with van der Waals surface area (Å²) >= 11 is 0. The summed E-state index contributed by atoms with van der Waals surface area (Å²) in [6, 6.07) is 2.47. The first kappa shape index (κ1) is 8.82. The first-order chi connectivity index (χ1) is 1.91. The van der Waals surface area contributed by atoms with E-state index in [0.29, 0.717) is 0 Å². The average molecular weight is 117 g/mol. The van der Waals surface area contributed by atoms with E-state index in [9.17, 15) is 0 Å². The molecule has 0 radical (unpaired) electrons. The number of nitrogens with zero attached hydrogens (tertiary/aromatic N) is 2. The van der Waals surface area contributed by atoms with Crippen LogP contribution in [0.15, 0.2) is 0 Å². The van der Waals surface area contributed by atoms with Gasteiger partial charge < -0.3 is 0 Å². The Bertz CT molecular complexity index is 62.6. The Balaban J connectivity index is 0. The largest absolute Gasteiger partial charge is 0.181 e. The number of hydrogen-bond acceptors (Lipinski definition) is 2. The van der Waals surface area contributed by atoms with Gasteiger partial charge in [-0.2, -0.15) is 10.5 Å². The molecule has 0 atom stereocenters. The van der Waals surface area contributed by atoms with Crippen molar-refractivity contribution in [1.82, 2.24) is 0 Å². The van der Waals surface area contributed by atoms with Gasteiger partial charge in [-0.15, -0.1) is 0 Å². The predicted octanol–water partition coefficient (Wildman–Crippen LogP) is 0.0311. The van der Waals surface area contributed by atoms with Crippen molar-refractivity contribution in [2.24, 2.45) is 0 Å². The van der Waals surface area contributed by atoms with E-state index in [1.165, 1.54) is 12.1 Å². The van der Waals surface area contributed by atoms with Crippen LogP contribution in [0.25, 0.3) is 0 Å². The minimum atomic E-state index is 0. The van der Waals surface area contributed by atoms with E-state index >= 15 is 0 Å². The van der Waals surface area contributed by atoms with Gasteiger partial charge in [0, 0.05) is 19.5 Å². The van der Waals surface area contributed by atoms with Gasteiger partial charge in [0.1, 0.15) is 0 Å². The van der Waals surface area contributed by atoms with Crippen LogP contribution in [0.3, 0.4) is 0 Å². The van der Waals surface area contributed by atoms with Crippen molar-refractivity contribution in [2.75, 3.05) is 0 Å². The van der Waals surface area contributed by atoms with Crippen LogP contribution in [0.4, 0.5) is 0 Å². The van der Waals surface area contributed by atoms with Crippen LogP contribution in [0.1, 0.15) is 0 Å². The van der Waals surface area contributed by atoms with Gasteiger partial charge in [-0.05, 0) is 0 Å². The Hall–Kier alpha value is -0.397. The Morgan fingerprint density at radius 2 is 1.20 bits per heavy atom. The fraction of sp³-hybridized carbons (Fsp3) is 0. The molecule has 0 saturated carbocycles. The first-order valence-electron chi connectivity index (χ1n) is 0.697. The molecule has 2 nitrogen and oxygen atoms in total. The molecule has 3 heteroatoms. The van der Waals surface area contributed by atoms with Crippen LogP contribution in [0.5, 0.6) is 0 Å². The van der Waals surface area contributed by atoms with E-state index in [-0.39, 0.29) is 19.5 Å². The van der Waals surface area contributed by atoms with Crippen LogP contribution >= 0.6 is 0 Å². The van der Waals surface area contributed by atoms with Gasteiger partial charge >= 0.3 is 0 Å². The topological polar surface area (TPSA) is 47.6 Å². The number of rotatable bonds is 0. The Labute approximate surface area is 42.8 Å². The predicted molar refractivity (Wildman–Crippen MR) is 11.2 cm³/mol. The molecule has 0 aromatic rings.